The Hall–Kier alpha value is -1.69. The van der Waals surface area contributed by atoms with Gasteiger partial charge in [-0.1, -0.05) is 6.07 Å². The minimum Gasteiger partial charge on any atom is -0.492 e. The molecule has 0 fully saturated rings. The molecule has 1 aromatic carbocycles. The second-order valence-corrected chi connectivity index (χ2v) is 2.70. The zero-order chi connectivity index (χ0) is 10.4. The lowest BCUT2D eigenvalue weighted by Gasteiger charge is -2.10. The molecular formula is C11H13NO2. The summed E-state index contributed by atoms with van der Waals surface area (Å²) in [6.45, 7) is 9.65. The normalized spacial score (nSPS) is 9.21. The van der Waals surface area contributed by atoms with Crippen molar-refractivity contribution in [2.24, 2.45) is 0 Å². The molecule has 74 valence electrons. The van der Waals surface area contributed by atoms with Gasteiger partial charge in [0.1, 0.15) is 0 Å². The maximum atomic E-state index is 6.81. The summed E-state index contributed by atoms with van der Waals surface area (Å²) >= 11 is 0. The van der Waals surface area contributed by atoms with E-state index in [9.17, 15) is 0 Å². The average molecular weight is 191 g/mol. The second-order valence-electron chi connectivity index (χ2n) is 2.70. The molecule has 0 amide bonds. The minimum atomic E-state index is 0.323. The van der Waals surface area contributed by atoms with Gasteiger partial charge in [-0.05, 0) is 19.1 Å². The van der Waals surface area contributed by atoms with E-state index in [-0.39, 0.29) is 0 Å². The third-order valence-corrected chi connectivity index (χ3v) is 1.81. The largest absolute Gasteiger partial charge is 0.492 e. The molecule has 0 aliphatic rings. The van der Waals surface area contributed by atoms with Gasteiger partial charge in [0.05, 0.1) is 19.3 Å². The molecule has 0 spiro atoms. The molecule has 0 bridgehead atoms. The van der Waals surface area contributed by atoms with Crippen LogP contribution in [0.2, 0.25) is 0 Å². The van der Waals surface area contributed by atoms with Crippen LogP contribution in [0.3, 0.4) is 0 Å². The van der Waals surface area contributed by atoms with Crippen molar-refractivity contribution < 1.29 is 9.47 Å². The lowest BCUT2D eigenvalue weighted by Crippen LogP contribution is -1.97. The van der Waals surface area contributed by atoms with Crippen LogP contribution in [0.4, 0.5) is 0 Å². The van der Waals surface area contributed by atoms with Gasteiger partial charge in [0.15, 0.2) is 11.5 Å². The van der Waals surface area contributed by atoms with Crippen molar-refractivity contribution in [1.82, 2.24) is 0 Å². The number of hydrogen-bond acceptors (Lipinski definition) is 2. The summed E-state index contributed by atoms with van der Waals surface area (Å²) in [5.74, 6) is 1.38. The van der Waals surface area contributed by atoms with Crippen molar-refractivity contribution in [3.8, 4) is 11.5 Å². The summed E-state index contributed by atoms with van der Waals surface area (Å²) in [6, 6.07) is 5.59. The fraction of sp³-hybridized carbons (Fsp3) is 0.364. The van der Waals surface area contributed by atoms with E-state index < -0.39 is 0 Å². The molecule has 0 saturated carbocycles. The Morgan fingerprint density at radius 1 is 1.43 bits per heavy atom. The van der Waals surface area contributed by atoms with E-state index in [1.807, 2.05) is 25.1 Å². The highest BCUT2D eigenvalue weighted by Gasteiger charge is 2.10. The Labute approximate surface area is 84.1 Å². The van der Waals surface area contributed by atoms with Crippen molar-refractivity contribution in [2.45, 2.75) is 13.5 Å². The number of benzene rings is 1. The molecule has 3 nitrogen and oxygen atoms in total. The van der Waals surface area contributed by atoms with E-state index in [1.54, 1.807) is 7.11 Å². The smallest absolute Gasteiger partial charge is 0.243 e. The van der Waals surface area contributed by atoms with Crippen LogP contribution in [0, 0.1) is 6.57 Å². The third-order valence-electron chi connectivity index (χ3n) is 1.81. The SMILES string of the molecule is [C-]#[N+]Cc1cccc(OCC)c1OC. The van der Waals surface area contributed by atoms with Gasteiger partial charge in [-0.25, -0.2) is 6.57 Å². The molecule has 0 aromatic heterocycles. The van der Waals surface area contributed by atoms with E-state index >= 15 is 0 Å². The first-order valence-electron chi connectivity index (χ1n) is 4.45. The van der Waals surface area contributed by atoms with Gasteiger partial charge < -0.3 is 14.3 Å². The van der Waals surface area contributed by atoms with Crippen LogP contribution in [0.5, 0.6) is 11.5 Å². The maximum absolute atomic E-state index is 6.81. The lowest BCUT2D eigenvalue weighted by molar-refractivity contribution is 0.309. The first-order chi connectivity index (χ1) is 6.83. The highest BCUT2D eigenvalue weighted by atomic mass is 16.5. The summed E-state index contributed by atoms with van der Waals surface area (Å²) in [5.41, 5.74) is 0.869. The molecule has 0 aliphatic carbocycles. The van der Waals surface area contributed by atoms with Crippen LogP contribution >= 0.6 is 0 Å². The van der Waals surface area contributed by atoms with Crippen molar-refractivity contribution in [3.05, 3.63) is 35.2 Å². The lowest BCUT2D eigenvalue weighted by atomic mass is 10.2. The number of rotatable bonds is 4. The zero-order valence-electron chi connectivity index (χ0n) is 8.41. The quantitative estimate of drug-likeness (QED) is 0.682. The monoisotopic (exact) mass is 191 g/mol. The first-order valence-corrected chi connectivity index (χ1v) is 4.45. The van der Waals surface area contributed by atoms with Crippen LogP contribution in [0.15, 0.2) is 18.2 Å². The summed E-state index contributed by atoms with van der Waals surface area (Å²) in [4.78, 5) is 3.33. The summed E-state index contributed by atoms with van der Waals surface area (Å²) in [5, 5.41) is 0. The first kappa shape index (κ1) is 10.4. The standard InChI is InChI=1S/C11H13NO2/c1-4-14-10-7-5-6-9(8-12-2)11(10)13-3/h5-7H,4,8H2,1,3H3. The summed E-state index contributed by atoms with van der Waals surface area (Å²) < 4.78 is 10.6. The number of para-hydroxylation sites is 1. The summed E-state index contributed by atoms with van der Waals surface area (Å²) in [6.07, 6.45) is 0. The van der Waals surface area contributed by atoms with Crippen molar-refractivity contribution >= 4 is 0 Å². The number of ether oxygens (including phenoxy) is 2. The molecule has 0 unspecified atom stereocenters. The molecule has 0 atom stereocenters. The maximum Gasteiger partial charge on any atom is 0.243 e. The van der Waals surface area contributed by atoms with E-state index in [2.05, 4.69) is 4.85 Å². The molecule has 0 N–H and O–H groups in total. The molecule has 3 heteroatoms. The van der Waals surface area contributed by atoms with Gasteiger partial charge in [0, 0.05) is 0 Å². The number of methoxy groups -OCH3 is 1. The third kappa shape index (κ3) is 2.17. The Balaban J connectivity index is 3.05. The van der Waals surface area contributed by atoms with Gasteiger partial charge in [-0.15, -0.1) is 0 Å². The van der Waals surface area contributed by atoms with Gasteiger partial charge in [0.2, 0.25) is 6.54 Å². The molecular weight excluding hydrogens is 178 g/mol. The van der Waals surface area contributed by atoms with Gasteiger partial charge >= 0.3 is 0 Å². The van der Waals surface area contributed by atoms with Crippen LogP contribution in [0.25, 0.3) is 4.85 Å². The van der Waals surface area contributed by atoms with Crippen LogP contribution in [-0.2, 0) is 6.54 Å². The molecule has 14 heavy (non-hydrogen) atoms. The zero-order valence-corrected chi connectivity index (χ0v) is 8.41. The molecule has 1 rings (SSSR count). The molecule has 0 aliphatic heterocycles. The molecule has 0 radical (unpaired) electrons. The molecule has 0 saturated heterocycles. The van der Waals surface area contributed by atoms with Gasteiger partial charge in [0.25, 0.3) is 0 Å². The second kappa shape index (κ2) is 5.13. The predicted molar refractivity (Wildman–Crippen MR) is 54.5 cm³/mol. The number of nitrogens with zero attached hydrogens (tertiary/aromatic N) is 1. The number of hydrogen-bond donors (Lipinski definition) is 0. The van der Waals surface area contributed by atoms with Crippen molar-refractivity contribution in [1.29, 1.82) is 0 Å². The van der Waals surface area contributed by atoms with Gasteiger partial charge in [-0.2, -0.15) is 0 Å². The Morgan fingerprint density at radius 3 is 2.79 bits per heavy atom. The predicted octanol–water partition coefficient (Wildman–Crippen LogP) is 2.51. The van der Waals surface area contributed by atoms with Crippen molar-refractivity contribution in [3.63, 3.8) is 0 Å². The summed E-state index contributed by atoms with van der Waals surface area (Å²) in [7, 11) is 1.59. The van der Waals surface area contributed by atoms with E-state index in [1.165, 1.54) is 0 Å². The van der Waals surface area contributed by atoms with Crippen LogP contribution in [-0.4, -0.2) is 13.7 Å². The average Bonchev–Trinajstić information content (AvgIpc) is 2.19. The Kier molecular flexibility index (Phi) is 3.81. The fourth-order valence-electron chi connectivity index (χ4n) is 1.27. The topological polar surface area (TPSA) is 22.8 Å². The fourth-order valence-corrected chi connectivity index (χ4v) is 1.27. The Morgan fingerprint density at radius 2 is 2.21 bits per heavy atom. The highest BCUT2D eigenvalue weighted by molar-refractivity contribution is 5.47. The van der Waals surface area contributed by atoms with Crippen molar-refractivity contribution in [2.75, 3.05) is 13.7 Å². The van der Waals surface area contributed by atoms with E-state index in [4.69, 9.17) is 16.0 Å². The van der Waals surface area contributed by atoms with Crippen LogP contribution < -0.4 is 9.47 Å². The minimum absolute atomic E-state index is 0.323. The van der Waals surface area contributed by atoms with Gasteiger partial charge in [-0.3, -0.25) is 0 Å². The van der Waals surface area contributed by atoms with E-state index in [0.29, 0.717) is 24.7 Å². The van der Waals surface area contributed by atoms with Crippen LogP contribution in [0.1, 0.15) is 12.5 Å². The Bertz CT molecular complexity index is 342. The highest BCUT2D eigenvalue weighted by Crippen LogP contribution is 2.31. The molecule has 1 aromatic rings. The molecule has 0 heterocycles. The van der Waals surface area contributed by atoms with E-state index in [0.717, 1.165) is 5.56 Å².